The van der Waals surface area contributed by atoms with Crippen molar-refractivity contribution in [1.29, 1.82) is 0 Å². The second-order valence-corrected chi connectivity index (χ2v) is 6.29. The van der Waals surface area contributed by atoms with E-state index in [1.165, 1.54) is 18.4 Å². The number of benzene rings is 2. The van der Waals surface area contributed by atoms with Crippen LogP contribution in [0, 0.1) is 0 Å². The molecule has 5 heteroatoms. The van der Waals surface area contributed by atoms with Crippen molar-refractivity contribution in [1.82, 2.24) is 10.2 Å². The fraction of sp³-hybridized carbons (Fsp3) is 0.350. The molecule has 1 aliphatic rings. The topological polar surface area (TPSA) is 53.6 Å². The zero-order chi connectivity index (χ0) is 17.5. The molecule has 1 saturated heterocycles. The van der Waals surface area contributed by atoms with Gasteiger partial charge < -0.3 is 15.4 Å². The second kappa shape index (κ2) is 8.53. The Kier molecular flexibility index (Phi) is 5.90. The molecule has 132 valence electrons. The lowest BCUT2D eigenvalue weighted by atomic mass is 10.1. The number of rotatable bonds is 6. The van der Waals surface area contributed by atoms with Crippen molar-refractivity contribution in [3.05, 3.63) is 59.7 Å². The molecule has 0 atom stereocenters. The number of nitrogens with one attached hydrogen (secondary N) is 2. The molecular weight excluding hydrogens is 314 g/mol. The van der Waals surface area contributed by atoms with Crippen LogP contribution in [0.25, 0.3) is 0 Å². The van der Waals surface area contributed by atoms with Gasteiger partial charge in [-0.15, -0.1) is 0 Å². The third kappa shape index (κ3) is 4.97. The Morgan fingerprint density at radius 3 is 2.60 bits per heavy atom. The van der Waals surface area contributed by atoms with Crippen molar-refractivity contribution < 1.29 is 9.53 Å². The summed E-state index contributed by atoms with van der Waals surface area (Å²) in [6.07, 6.45) is 2.56. The molecule has 0 radical (unpaired) electrons. The molecule has 5 nitrogen and oxygen atoms in total. The van der Waals surface area contributed by atoms with Crippen LogP contribution in [0.1, 0.15) is 24.0 Å². The molecule has 2 aromatic rings. The van der Waals surface area contributed by atoms with Crippen molar-refractivity contribution in [3.8, 4) is 5.75 Å². The molecular formula is C20H25N3O2. The molecule has 2 aromatic carbocycles. The number of methoxy groups -OCH3 is 1. The van der Waals surface area contributed by atoms with Gasteiger partial charge in [-0.25, -0.2) is 4.79 Å². The molecule has 1 aliphatic heterocycles. The van der Waals surface area contributed by atoms with Crippen LogP contribution in [-0.4, -0.2) is 31.1 Å². The second-order valence-electron chi connectivity index (χ2n) is 6.29. The zero-order valence-corrected chi connectivity index (χ0v) is 14.6. The SMILES string of the molecule is COc1cccc(NC(=O)NCc2ccccc2CN2CCCC2)c1. The smallest absolute Gasteiger partial charge is 0.319 e. The summed E-state index contributed by atoms with van der Waals surface area (Å²) in [5.41, 5.74) is 3.16. The van der Waals surface area contributed by atoms with Crippen LogP contribution < -0.4 is 15.4 Å². The number of anilines is 1. The van der Waals surface area contributed by atoms with E-state index in [0.717, 1.165) is 25.2 Å². The van der Waals surface area contributed by atoms with Gasteiger partial charge in [0.15, 0.2) is 0 Å². The third-order valence-corrected chi connectivity index (χ3v) is 4.48. The minimum atomic E-state index is -0.218. The maximum atomic E-state index is 12.2. The summed E-state index contributed by atoms with van der Waals surface area (Å²) in [5.74, 6) is 0.716. The highest BCUT2D eigenvalue weighted by Gasteiger charge is 2.13. The lowest BCUT2D eigenvalue weighted by molar-refractivity contribution is 0.251. The van der Waals surface area contributed by atoms with Crippen LogP contribution in [0.15, 0.2) is 48.5 Å². The highest BCUT2D eigenvalue weighted by atomic mass is 16.5. The van der Waals surface area contributed by atoms with E-state index in [4.69, 9.17) is 4.74 Å². The molecule has 3 rings (SSSR count). The zero-order valence-electron chi connectivity index (χ0n) is 14.6. The van der Waals surface area contributed by atoms with Gasteiger partial charge in [-0.2, -0.15) is 0 Å². The van der Waals surface area contributed by atoms with Crippen molar-refractivity contribution >= 4 is 11.7 Å². The maximum absolute atomic E-state index is 12.2. The van der Waals surface area contributed by atoms with Gasteiger partial charge in [0, 0.05) is 24.8 Å². The van der Waals surface area contributed by atoms with Gasteiger partial charge in [0.2, 0.25) is 0 Å². The highest BCUT2D eigenvalue weighted by Crippen LogP contribution is 2.17. The summed E-state index contributed by atoms with van der Waals surface area (Å²) in [5, 5.41) is 5.78. The van der Waals surface area contributed by atoms with Gasteiger partial charge in [-0.3, -0.25) is 4.90 Å². The average Bonchev–Trinajstić information content (AvgIpc) is 3.14. The van der Waals surface area contributed by atoms with Crippen LogP contribution in [0.4, 0.5) is 10.5 Å². The lowest BCUT2D eigenvalue weighted by Gasteiger charge is -2.18. The van der Waals surface area contributed by atoms with E-state index in [1.54, 1.807) is 13.2 Å². The first kappa shape index (κ1) is 17.3. The first-order valence-electron chi connectivity index (χ1n) is 8.72. The highest BCUT2D eigenvalue weighted by molar-refractivity contribution is 5.89. The quantitative estimate of drug-likeness (QED) is 0.845. The molecule has 0 saturated carbocycles. The maximum Gasteiger partial charge on any atom is 0.319 e. The number of ether oxygens (including phenoxy) is 1. The number of carbonyl (C=O) groups is 1. The first-order valence-corrected chi connectivity index (χ1v) is 8.72. The van der Waals surface area contributed by atoms with Crippen LogP contribution in [0.3, 0.4) is 0 Å². The monoisotopic (exact) mass is 339 g/mol. The van der Waals surface area contributed by atoms with Gasteiger partial charge in [0.05, 0.1) is 7.11 Å². The number of carbonyl (C=O) groups excluding carboxylic acids is 1. The van der Waals surface area contributed by atoms with Crippen molar-refractivity contribution in [2.75, 3.05) is 25.5 Å². The number of amides is 2. The molecule has 0 aliphatic carbocycles. The molecule has 1 heterocycles. The van der Waals surface area contributed by atoms with E-state index in [9.17, 15) is 4.79 Å². The predicted molar refractivity (Wildman–Crippen MR) is 99.8 cm³/mol. The van der Waals surface area contributed by atoms with Gasteiger partial charge in [0.25, 0.3) is 0 Å². The molecule has 0 bridgehead atoms. The minimum Gasteiger partial charge on any atom is -0.497 e. The normalized spacial score (nSPS) is 14.3. The van der Waals surface area contributed by atoms with E-state index in [2.05, 4.69) is 33.7 Å². The Morgan fingerprint density at radius 1 is 1.08 bits per heavy atom. The van der Waals surface area contributed by atoms with E-state index in [1.807, 2.05) is 24.3 Å². The van der Waals surface area contributed by atoms with E-state index in [-0.39, 0.29) is 6.03 Å². The van der Waals surface area contributed by atoms with Gasteiger partial charge >= 0.3 is 6.03 Å². The number of nitrogens with zero attached hydrogens (tertiary/aromatic N) is 1. The van der Waals surface area contributed by atoms with Crippen LogP contribution in [0.2, 0.25) is 0 Å². The lowest BCUT2D eigenvalue weighted by Crippen LogP contribution is -2.29. The van der Waals surface area contributed by atoms with E-state index < -0.39 is 0 Å². The Morgan fingerprint density at radius 2 is 1.84 bits per heavy atom. The summed E-state index contributed by atoms with van der Waals surface area (Å²) >= 11 is 0. The largest absolute Gasteiger partial charge is 0.497 e. The summed E-state index contributed by atoms with van der Waals surface area (Å²) < 4.78 is 5.17. The minimum absolute atomic E-state index is 0.218. The number of likely N-dealkylation sites (tertiary alicyclic amines) is 1. The Labute approximate surface area is 149 Å². The van der Waals surface area contributed by atoms with E-state index >= 15 is 0 Å². The summed E-state index contributed by atoms with van der Waals surface area (Å²) in [7, 11) is 1.61. The molecule has 0 aromatic heterocycles. The first-order chi connectivity index (χ1) is 12.2. The van der Waals surface area contributed by atoms with Crippen molar-refractivity contribution in [3.63, 3.8) is 0 Å². The van der Waals surface area contributed by atoms with Crippen LogP contribution in [0.5, 0.6) is 5.75 Å². The number of hydrogen-bond acceptors (Lipinski definition) is 3. The summed E-state index contributed by atoms with van der Waals surface area (Å²) in [6, 6.07) is 15.4. The Hall–Kier alpha value is -2.53. The van der Waals surface area contributed by atoms with Gasteiger partial charge in [-0.1, -0.05) is 30.3 Å². The predicted octanol–water partition coefficient (Wildman–Crippen LogP) is 3.61. The standard InChI is InChI=1S/C20H25N3O2/c1-25-19-10-6-9-18(13-19)22-20(24)21-14-16-7-2-3-8-17(16)15-23-11-4-5-12-23/h2-3,6-10,13H,4-5,11-12,14-15H2,1H3,(H2,21,22,24). The third-order valence-electron chi connectivity index (χ3n) is 4.48. The van der Waals surface area contributed by atoms with Gasteiger partial charge in [0.1, 0.15) is 5.75 Å². The number of urea groups is 1. The molecule has 0 unspecified atom stereocenters. The van der Waals surface area contributed by atoms with Crippen molar-refractivity contribution in [2.45, 2.75) is 25.9 Å². The van der Waals surface area contributed by atoms with Gasteiger partial charge in [-0.05, 0) is 49.2 Å². The molecule has 0 spiro atoms. The fourth-order valence-electron chi connectivity index (χ4n) is 3.12. The summed E-state index contributed by atoms with van der Waals surface area (Å²) in [6.45, 7) is 3.80. The van der Waals surface area contributed by atoms with Crippen molar-refractivity contribution in [2.24, 2.45) is 0 Å². The van der Waals surface area contributed by atoms with Crippen LogP contribution >= 0.6 is 0 Å². The molecule has 2 amide bonds. The molecule has 25 heavy (non-hydrogen) atoms. The average molecular weight is 339 g/mol. The number of hydrogen-bond donors (Lipinski definition) is 2. The Bertz CT molecular complexity index is 712. The van der Waals surface area contributed by atoms with E-state index in [0.29, 0.717) is 18.0 Å². The fourth-order valence-corrected chi connectivity index (χ4v) is 3.12. The summed E-state index contributed by atoms with van der Waals surface area (Å²) in [4.78, 5) is 14.6. The van der Waals surface area contributed by atoms with Crippen LogP contribution in [-0.2, 0) is 13.1 Å². The molecule has 2 N–H and O–H groups in total. The molecule has 1 fully saturated rings. The Balaban J connectivity index is 1.56.